The van der Waals surface area contributed by atoms with Gasteiger partial charge in [0.25, 0.3) is 0 Å². The summed E-state index contributed by atoms with van der Waals surface area (Å²) in [5, 5.41) is 22.1. The molecule has 4 nitrogen and oxygen atoms in total. The van der Waals surface area contributed by atoms with Crippen LogP contribution in [0, 0.1) is 0 Å². The molecule has 0 aromatic carbocycles. The van der Waals surface area contributed by atoms with Crippen molar-refractivity contribution < 1.29 is 15.0 Å². The lowest BCUT2D eigenvalue weighted by molar-refractivity contribution is -0.141. The second-order valence-corrected chi connectivity index (χ2v) is 44.2. The van der Waals surface area contributed by atoms with Crippen molar-refractivity contribution in [2.24, 2.45) is 0 Å². The molecule has 0 fully saturated rings. The summed E-state index contributed by atoms with van der Waals surface area (Å²) in [6, 6.07) is -0.892. The number of aliphatic carboxylic acids is 1. The fourth-order valence-corrected chi connectivity index (χ4v) is 87.2. The number of hydrogen-bond donors (Lipinski definition) is 3. The Kier molecular flexibility index (Phi) is 14.2. The van der Waals surface area contributed by atoms with Gasteiger partial charge in [-0.1, -0.05) is 0 Å². The quantitative estimate of drug-likeness (QED) is 0.430. The molecule has 114 valence electrons. The predicted octanol–water partition coefficient (Wildman–Crippen LogP) is 5.14. The van der Waals surface area contributed by atoms with Crippen LogP contribution in [0.5, 0.6) is 0 Å². The van der Waals surface area contributed by atoms with Gasteiger partial charge in [-0.05, 0) is 27.9 Å². The first-order chi connectivity index (χ1) is 8.59. The van der Waals surface area contributed by atoms with Crippen molar-refractivity contribution in [3.8, 4) is 0 Å². The van der Waals surface area contributed by atoms with Crippen molar-refractivity contribution in [1.29, 1.82) is 0 Å². The average Bonchev–Trinajstić information content (AvgIpc) is 2.20. The topological polar surface area (TPSA) is 69.6 Å². The summed E-state index contributed by atoms with van der Waals surface area (Å²) in [6.45, 7) is 0.217. The van der Waals surface area contributed by atoms with E-state index in [1.54, 1.807) is 0 Å². The van der Waals surface area contributed by atoms with Crippen LogP contribution in [-0.4, -0.2) is 28.3 Å². The number of rotatable bonds is 8. The van der Waals surface area contributed by atoms with Crippen molar-refractivity contribution >= 4 is 94.9 Å². The first-order valence-corrected chi connectivity index (χ1v) is 24.0. The lowest BCUT2D eigenvalue weighted by Gasteiger charge is -2.37. The molecule has 0 aliphatic heterocycles. The van der Waals surface area contributed by atoms with Gasteiger partial charge in [0.15, 0.2) is 0 Å². The van der Waals surface area contributed by atoms with Crippen molar-refractivity contribution in [3.63, 3.8) is 0 Å². The summed E-state index contributed by atoms with van der Waals surface area (Å²) in [5.74, 6) is -0.988. The van der Waals surface area contributed by atoms with Crippen LogP contribution < -0.4 is 5.09 Å². The molecule has 0 heterocycles. The average molecular weight is 471 g/mol. The molecule has 9 unspecified atom stereocenters. The van der Waals surface area contributed by atoms with Crippen LogP contribution in [0.2, 0.25) is 0 Å². The Bertz CT molecular complexity index is 279. The summed E-state index contributed by atoms with van der Waals surface area (Å²) < 4.78 is 0. The second kappa shape index (κ2) is 11.6. The summed E-state index contributed by atoms with van der Waals surface area (Å²) in [6.07, 6.45) is -0.898. The maximum Gasteiger partial charge on any atom is 0.323 e. The molecule has 0 aliphatic rings. The minimum atomic E-state index is -0.988. The van der Waals surface area contributed by atoms with Crippen LogP contribution in [-0.2, 0) is 4.79 Å². The van der Waals surface area contributed by atoms with Crippen molar-refractivity contribution in [2.45, 2.75) is 19.1 Å². The third kappa shape index (κ3) is 8.68. The Labute approximate surface area is 134 Å². The number of carboxylic acid groups (broad SMARTS) is 1. The molecule has 0 spiro atoms. The van der Waals surface area contributed by atoms with Crippen LogP contribution in [0.15, 0.2) is 0 Å². The van der Waals surface area contributed by atoms with E-state index in [0.717, 1.165) is 0 Å². The van der Waals surface area contributed by atoms with Crippen molar-refractivity contribution in [2.75, 3.05) is 0 Å². The Morgan fingerprint density at radius 1 is 1.05 bits per heavy atom. The smallest absolute Gasteiger partial charge is 0.323 e. The molecule has 9 atom stereocenters. The van der Waals surface area contributed by atoms with E-state index in [9.17, 15) is 15.0 Å². The molecule has 0 rings (SSSR count). The predicted molar refractivity (Wildman–Crippen MR) is 119 cm³/mol. The number of aliphatic hydroxyl groups excluding tert-OH is 1. The molecule has 0 radical (unpaired) electrons. The Morgan fingerprint density at radius 3 is 1.68 bits per heavy atom. The maximum absolute atomic E-state index is 11.2. The molecule has 0 aliphatic carbocycles. The van der Waals surface area contributed by atoms with Gasteiger partial charge in [0, 0.05) is 14.4 Å². The van der Waals surface area contributed by atoms with E-state index in [0.29, 0.717) is 0 Å². The molecule has 3 N–H and O–H groups in total. The van der Waals surface area contributed by atoms with E-state index in [-0.39, 0.29) is 21.0 Å². The molecular formula is C4H20NO3P11. The van der Waals surface area contributed by atoms with E-state index in [2.05, 4.69) is 58.7 Å². The van der Waals surface area contributed by atoms with Crippen LogP contribution in [0.25, 0.3) is 0 Å². The number of carbonyl (C=O) groups is 1. The number of hydrogen-bond acceptors (Lipinski definition) is 3. The molecule has 15 heteroatoms. The fraction of sp³-hybridized carbons (Fsp3) is 0.750. The number of nitrogens with one attached hydrogen (secondary N) is 1. The zero-order valence-electron chi connectivity index (χ0n) is 10.2. The van der Waals surface area contributed by atoms with Gasteiger partial charge in [0.2, 0.25) is 0 Å². The summed E-state index contributed by atoms with van der Waals surface area (Å²) in [5.41, 5.74) is 0. The first kappa shape index (κ1) is 23.1. The van der Waals surface area contributed by atoms with Gasteiger partial charge in [-0.2, -0.15) is 0 Å². The highest BCUT2D eigenvalue weighted by molar-refractivity contribution is 9.16. The summed E-state index contributed by atoms with van der Waals surface area (Å²) in [7, 11) is 16.5. The van der Waals surface area contributed by atoms with Crippen LogP contribution in [0.1, 0.15) is 6.92 Å². The normalized spacial score (nSPS) is 17.3. The van der Waals surface area contributed by atoms with E-state index >= 15 is 0 Å². The molecular weight excluding hydrogens is 451 g/mol. The molecule has 0 aromatic rings. The van der Waals surface area contributed by atoms with Crippen molar-refractivity contribution in [3.05, 3.63) is 0 Å². The molecule has 0 saturated carbocycles. The molecule has 19 heavy (non-hydrogen) atoms. The highest BCUT2D eigenvalue weighted by Gasteiger charge is 2.35. The molecule has 0 saturated heterocycles. The van der Waals surface area contributed by atoms with Crippen LogP contribution >= 0.6 is 89.0 Å². The zero-order chi connectivity index (χ0) is 15.3. The third-order valence-corrected chi connectivity index (χ3v) is 56.0. The monoisotopic (exact) mass is 471 g/mol. The van der Waals surface area contributed by atoms with E-state index in [4.69, 9.17) is 0 Å². The Balaban J connectivity index is 5.14. The summed E-state index contributed by atoms with van der Waals surface area (Å²) >= 11 is 0. The number of aliphatic hydroxyl groups is 1. The fourth-order valence-electron chi connectivity index (χ4n) is 1.02. The minimum absolute atomic E-state index is 0.278. The number of carboxylic acids is 1. The first-order valence-electron chi connectivity index (χ1n) is 4.75. The van der Waals surface area contributed by atoms with E-state index in [1.807, 2.05) is 0 Å². The van der Waals surface area contributed by atoms with Gasteiger partial charge in [-0.15, -0.1) is 53.6 Å². The van der Waals surface area contributed by atoms with Crippen molar-refractivity contribution in [1.82, 2.24) is 5.09 Å². The van der Waals surface area contributed by atoms with Gasteiger partial charge < -0.3 is 10.2 Å². The van der Waals surface area contributed by atoms with Crippen LogP contribution in [0.3, 0.4) is 0 Å². The second-order valence-electron chi connectivity index (χ2n) is 3.38. The highest BCUT2D eigenvalue weighted by Crippen LogP contribution is 3.13. The summed E-state index contributed by atoms with van der Waals surface area (Å²) in [4.78, 5) is 11.2. The third-order valence-electron chi connectivity index (χ3n) is 1.80. The van der Waals surface area contributed by atoms with Gasteiger partial charge in [0.05, 0.1) is 6.10 Å². The lowest BCUT2D eigenvalue weighted by Crippen LogP contribution is -2.41. The molecule has 0 bridgehead atoms. The Hall–Kier alpha value is 4.12. The van der Waals surface area contributed by atoms with Gasteiger partial charge in [-0.3, -0.25) is 9.88 Å². The largest absolute Gasteiger partial charge is 0.480 e. The van der Waals surface area contributed by atoms with Gasteiger partial charge >= 0.3 is 5.97 Å². The highest BCUT2D eigenvalue weighted by atomic mass is 33.2. The van der Waals surface area contributed by atoms with E-state index in [1.165, 1.54) is 6.92 Å². The van der Waals surface area contributed by atoms with Crippen LogP contribution in [0.4, 0.5) is 0 Å². The Morgan fingerprint density at radius 2 is 1.47 bits per heavy atom. The lowest BCUT2D eigenvalue weighted by atomic mass is 10.2. The SMILES string of the molecule is CC(O)C(NP(P(P)P)P(P(P)P)P(P)P)C(=O)O. The standard InChI is InChI=1S/C4H20NO3P11/c1-2(6)3(4(7)8)5-15(16(9)10)19(17(11)12)18(13)14/h2-3,5-6H,9-14H2,1H3,(H,7,8). The maximum atomic E-state index is 11.2. The molecule has 0 aromatic heterocycles. The molecule has 0 amide bonds. The minimum Gasteiger partial charge on any atom is -0.480 e. The van der Waals surface area contributed by atoms with Gasteiger partial charge in [0.1, 0.15) is 6.04 Å². The zero-order valence-corrected chi connectivity index (χ0v) is 21.6. The van der Waals surface area contributed by atoms with E-state index < -0.39 is 32.6 Å². The van der Waals surface area contributed by atoms with Gasteiger partial charge in [-0.25, -0.2) is 0 Å².